The van der Waals surface area contributed by atoms with Crippen molar-refractivity contribution in [2.45, 2.75) is 39.5 Å². The van der Waals surface area contributed by atoms with E-state index in [1.165, 1.54) is 5.57 Å². The highest BCUT2D eigenvalue weighted by molar-refractivity contribution is 5.68. The number of rotatable bonds is 6. The van der Waals surface area contributed by atoms with Crippen molar-refractivity contribution in [2.75, 3.05) is 0 Å². The Morgan fingerprint density at radius 1 is 1.53 bits per heavy atom. The highest BCUT2D eigenvalue weighted by Crippen LogP contribution is 2.32. The average molecular weight is 263 g/mol. The zero-order valence-corrected chi connectivity index (χ0v) is 11.6. The highest BCUT2D eigenvalue weighted by atomic mass is 16.6. The van der Waals surface area contributed by atoms with Gasteiger partial charge in [-0.25, -0.2) is 0 Å². The van der Waals surface area contributed by atoms with Crippen molar-refractivity contribution in [2.24, 2.45) is 5.90 Å². The molecule has 1 aromatic rings. The smallest absolute Gasteiger partial charge is 0.303 e. The lowest BCUT2D eigenvalue weighted by Crippen LogP contribution is -2.11. The van der Waals surface area contributed by atoms with Crippen LogP contribution in [-0.4, -0.2) is 11.1 Å². The maximum Gasteiger partial charge on any atom is 0.303 e. The van der Waals surface area contributed by atoms with Gasteiger partial charge < -0.3 is 9.94 Å². The van der Waals surface area contributed by atoms with Gasteiger partial charge in [-0.05, 0) is 37.8 Å². The summed E-state index contributed by atoms with van der Waals surface area (Å²) >= 11 is 0. The molecule has 3 N–H and O–H groups in total. The molecule has 0 spiro atoms. The Morgan fingerprint density at radius 3 is 2.74 bits per heavy atom. The normalized spacial score (nSPS) is 13.2. The third kappa shape index (κ3) is 4.10. The Labute approximate surface area is 113 Å². The third-order valence-electron chi connectivity index (χ3n) is 3.22. The Kier molecular flexibility index (Phi) is 5.57. The van der Waals surface area contributed by atoms with Crippen LogP contribution >= 0.6 is 0 Å². The second kappa shape index (κ2) is 6.95. The van der Waals surface area contributed by atoms with Gasteiger partial charge in [-0.2, -0.15) is 5.90 Å². The van der Waals surface area contributed by atoms with Gasteiger partial charge >= 0.3 is 5.97 Å². The molecule has 104 valence electrons. The highest BCUT2D eigenvalue weighted by Gasteiger charge is 2.19. The van der Waals surface area contributed by atoms with Crippen molar-refractivity contribution in [3.8, 4) is 5.75 Å². The Hall–Kier alpha value is -1.81. The van der Waals surface area contributed by atoms with E-state index in [9.17, 15) is 4.79 Å². The molecular formula is C15H21NO3. The van der Waals surface area contributed by atoms with E-state index in [1.807, 2.05) is 39.0 Å². The first-order valence-electron chi connectivity index (χ1n) is 6.31. The molecule has 0 saturated heterocycles. The van der Waals surface area contributed by atoms with Crippen LogP contribution in [0.4, 0.5) is 0 Å². The molecule has 0 aliphatic heterocycles. The second-order valence-electron chi connectivity index (χ2n) is 4.76. The Bertz CT molecular complexity index is 480. The van der Waals surface area contributed by atoms with Crippen molar-refractivity contribution in [1.82, 2.24) is 0 Å². The first kappa shape index (κ1) is 15.2. The topological polar surface area (TPSA) is 72.5 Å². The standard InChI is InChI=1S/C15H21NO3/c1-4-10(2)8-12-6-5-7-13(19-16)15(12)11(3)9-14(17)18/h4-7,11H,8-9,16H2,1-3H3,(H,17,18)/b10-4-. The van der Waals surface area contributed by atoms with Gasteiger partial charge in [0.05, 0.1) is 6.42 Å². The Morgan fingerprint density at radius 2 is 2.21 bits per heavy atom. The predicted octanol–water partition coefficient (Wildman–Crippen LogP) is 3.03. The largest absolute Gasteiger partial charge is 0.481 e. The Balaban J connectivity index is 3.19. The van der Waals surface area contributed by atoms with E-state index in [4.69, 9.17) is 15.8 Å². The van der Waals surface area contributed by atoms with E-state index in [1.54, 1.807) is 6.07 Å². The molecule has 1 atom stereocenters. The minimum absolute atomic E-state index is 0.0578. The maximum atomic E-state index is 10.9. The molecule has 1 rings (SSSR count). The van der Waals surface area contributed by atoms with Gasteiger partial charge in [0, 0.05) is 5.56 Å². The predicted molar refractivity (Wildman–Crippen MR) is 75.1 cm³/mol. The monoisotopic (exact) mass is 263 g/mol. The van der Waals surface area contributed by atoms with Gasteiger partial charge in [0.25, 0.3) is 0 Å². The molecule has 0 aliphatic rings. The molecule has 1 aromatic carbocycles. The summed E-state index contributed by atoms with van der Waals surface area (Å²) in [5.41, 5.74) is 3.17. The molecule has 0 aliphatic carbocycles. The molecule has 0 aromatic heterocycles. The van der Waals surface area contributed by atoms with Gasteiger partial charge in [0.15, 0.2) is 5.75 Å². The minimum atomic E-state index is -0.826. The van der Waals surface area contributed by atoms with E-state index in [0.717, 1.165) is 17.5 Å². The summed E-state index contributed by atoms with van der Waals surface area (Å²) in [4.78, 5) is 15.8. The number of allylic oxidation sites excluding steroid dienone is 2. The quantitative estimate of drug-likeness (QED) is 0.611. The SMILES string of the molecule is C/C=C(/C)Cc1cccc(ON)c1C(C)CC(=O)O. The number of carbonyl (C=O) groups is 1. The summed E-state index contributed by atoms with van der Waals surface area (Å²) < 4.78 is 0. The molecule has 0 saturated carbocycles. The molecule has 0 amide bonds. The summed E-state index contributed by atoms with van der Waals surface area (Å²) in [7, 11) is 0. The number of hydrogen-bond donors (Lipinski definition) is 2. The van der Waals surface area contributed by atoms with Crippen molar-refractivity contribution in [1.29, 1.82) is 0 Å². The molecule has 19 heavy (non-hydrogen) atoms. The zero-order chi connectivity index (χ0) is 14.4. The number of hydrogen-bond acceptors (Lipinski definition) is 3. The number of nitrogens with two attached hydrogens (primary N) is 1. The second-order valence-corrected chi connectivity index (χ2v) is 4.76. The van der Waals surface area contributed by atoms with Gasteiger partial charge in [-0.3, -0.25) is 4.79 Å². The third-order valence-corrected chi connectivity index (χ3v) is 3.22. The van der Waals surface area contributed by atoms with Crippen LogP contribution in [0.1, 0.15) is 44.2 Å². The first-order chi connectivity index (χ1) is 8.99. The van der Waals surface area contributed by atoms with Gasteiger partial charge in [-0.1, -0.05) is 30.7 Å². The van der Waals surface area contributed by atoms with Gasteiger partial charge in [-0.15, -0.1) is 0 Å². The van der Waals surface area contributed by atoms with Crippen molar-refractivity contribution in [3.63, 3.8) is 0 Å². The molecule has 0 fully saturated rings. The lowest BCUT2D eigenvalue weighted by Gasteiger charge is -2.18. The van der Waals surface area contributed by atoms with E-state index in [-0.39, 0.29) is 12.3 Å². The summed E-state index contributed by atoms with van der Waals surface area (Å²) in [6.07, 6.45) is 2.87. The fourth-order valence-electron chi connectivity index (χ4n) is 2.17. The lowest BCUT2D eigenvalue weighted by molar-refractivity contribution is -0.137. The number of aliphatic carboxylic acids is 1. The maximum absolute atomic E-state index is 10.9. The van der Waals surface area contributed by atoms with E-state index < -0.39 is 5.97 Å². The number of carboxylic acids is 1. The summed E-state index contributed by atoms with van der Waals surface area (Å²) in [5, 5.41) is 8.94. The van der Waals surface area contributed by atoms with Crippen molar-refractivity contribution < 1.29 is 14.7 Å². The van der Waals surface area contributed by atoms with E-state index in [2.05, 4.69) is 0 Å². The van der Waals surface area contributed by atoms with Crippen LogP contribution in [0.25, 0.3) is 0 Å². The average Bonchev–Trinajstić information content (AvgIpc) is 2.37. The molecular weight excluding hydrogens is 242 g/mol. The van der Waals surface area contributed by atoms with Crippen LogP contribution in [0.15, 0.2) is 29.8 Å². The van der Waals surface area contributed by atoms with Crippen LogP contribution in [-0.2, 0) is 11.2 Å². The number of benzene rings is 1. The first-order valence-corrected chi connectivity index (χ1v) is 6.31. The van der Waals surface area contributed by atoms with Gasteiger partial charge in [0.1, 0.15) is 0 Å². The van der Waals surface area contributed by atoms with Crippen molar-refractivity contribution >= 4 is 5.97 Å². The molecule has 0 bridgehead atoms. The molecule has 1 unspecified atom stereocenters. The summed E-state index contributed by atoms with van der Waals surface area (Å²) in [6, 6.07) is 5.63. The summed E-state index contributed by atoms with van der Waals surface area (Å²) in [6.45, 7) is 5.90. The molecule has 0 radical (unpaired) electrons. The number of carboxylic acid groups (broad SMARTS) is 1. The van der Waals surface area contributed by atoms with Crippen LogP contribution in [0.5, 0.6) is 5.75 Å². The lowest BCUT2D eigenvalue weighted by atomic mass is 9.89. The van der Waals surface area contributed by atoms with E-state index >= 15 is 0 Å². The fraction of sp³-hybridized carbons (Fsp3) is 0.400. The zero-order valence-electron chi connectivity index (χ0n) is 11.6. The van der Waals surface area contributed by atoms with Crippen molar-refractivity contribution in [3.05, 3.63) is 41.0 Å². The molecule has 4 nitrogen and oxygen atoms in total. The molecule has 0 heterocycles. The van der Waals surface area contributed by atoms with Gasteiger partial charge in [0.2, 0.25) is 0 Å². The summed E-state index contributed by atoms with van der Waals surface area (Å²) in [5.74, 6) is 4.87. The van der Waals surface area contributed by atoms with Crippen LogP contribution < -0.4 is 10.7 Å². The minimum Gasteiger partial charge on any atom is -0.481 e. The molecule has 4 heteroatoms. The van der Waals surface area contributed by atoms with Crippen LogP contribution in [0.3, 0.4) is 0 Å². The van der Waals surface area contributed by atoms with E-state index in [0.29, 0.717) is 5.75 Å². The van der Waals surface area contributed by atoms with Crippen LogP contribution in [0, 0.1) is 0 Å². The fourth-order valence-corrected chi connectivity index (χ4v) is 2.17. The van der Waals surface area contributed by atoms with Crippen LogP contribution in [0.2, 0.25) is 0 Å².